The van der Waals surface area contributed by atoms with Crippen LogP contribution in [0.3, 0.4) is 0 Å². The predicted molar refractivity (Wildman–Crippen MR) is 122 cm³/mol. The van der Waals surface area contributed by atoms with Gasteiger partial charge in [-0.3, -0.25) is 9.79 Å². The standard InChI is InChI=1S/C20H34N4O.HI/c1-6-16(7-2)13-22-20(21-5)23-14-17-9-8-10-18(12-17)24-19(25)11-15(3)4;/h8-10,12,15-16H,6-7,11,13-14H2,1-5H3,(H,24,25)(H2,21,22,23);1H. The van der Waals surface area contributed by atoms with E-state index in [0.717, 1.165) is 23.8 Å². The molecule has 1 aromatic carbocycles. The summed E-state index contributed by atoms with van der Waals surface area (Å²) in [6, 6.07) is 7.92. The molecule has 1 rings (SSSR count). The number of guanidine groups is 1. The van der Waals surface area contributed by atoms with Gasteiger partial charge in [0.25, 0.3) is 0 Å². The van der Waals surface area contributed by atoms with Crippen molar-refractivity contribution in [2.45, 2.75) is 53.5 Å². The summed E-state index contributed by atoms with van der Waals surface area (Å²) >= 11 is 0. The lowest BCUT2D eigenvalue weighted by atomic mass is 10.0. The Hall–Kier alpha value is -1.31. The molecule has 0 unspecified atom stereocenters. The number of nitrogens with zero attached hydrogens (tertiary/aromatic N) is 1. The molecule has 0 saturated heterocycles. The van der Waals surface area contributed by atoms with Gasteiger partial charge in [0.15, 0.2) is 5.96 Å². The molecule has 0 aliphatic rings. The highest BCUT2D eigenvalue weighted by Gasteiger charge is 2.07. The summed E-state index contributed by atoms with van der Waals surface area (Å²) in [5, 5.41) is 9.67. The number of hydrogen-bond acceptors (Lipinski definition) is 2. The van der Waals surface area contributed by atoms with Crippen molar-refractivity contribution >= 4 is 41.5 Å². The average Bonchev–Trinajstić information content (AvgIpc) is 2.57. The van der Waals surface area contributed by atoms with Gasteiger partial charge in [-0.2, -0.15) is 0 Å². The first kappa shape index (κ1) is 24.7. The smallest absolute Gasteiger partial charge is 0.224 e. The molecule has 0 aliphatic heterocycles. The highest BCUT2D eigenvalue weighted by Crippen LogP contribution is 2.12. The molecule has 0 aliphatic carbocycles. The minimum absolute atomic E-state index is 0. The first-order valence-electron chi connectivity index (χ1n) is 9.31. The van der Waals surface area contributed by atoms with Crippen molar-refractivity contribution in [1.29, 1.82) is 0 Å². The van der Waals surface area contributed by atoms with Gasteiger partial charge in [-0.05, 0) is 29.5 Å². The largest absolute Gasteiger partial charge is 0.356 e. The zero-order valence-electron chi connectivity index (χ0n) is 16.8. The highest BCUT2D eigenvalue weighted by atomic mass is 127. The maximum absolute atomic E-state index is 11.9. The van der Waals surface area contributed by atoms with Gasteiger partial charge < -0.3 is 16.0 Å². The van der Waals surface area contributed by atoms with Gasteiger partial charge in [0.1, 0.15) is 0 Å². The minimum atomic E-state index is 0. The van der Waals surface area contributed by atoms with Crippen LogP contribution in [0.15, 0.2) is 29.3 Å². The van der Waals surface area contributed by atoms with Gasteiger partial charge in [-0.25, -0.2) is 0 Å². The zero-order valence-corrected chi connectivity index (χ0v) is 19.1. The number of carbonyl (C=O) groups is 1. The van der Waals surface area contributed by atoms with Gasteiger partial charge in [-0.15, -0.1) is 24.0 Å². The molecule has 1 aromatic rings. The summed E-state index contributed by atoms with van der Waals surface area (Å²) in [7, 11) is 1.78. The van der Waals surface area contributed by atoms with Gasteiger partial charge in [0.05, 0.1) is 0 Å². The fraction of sp³-hybridized carbons (Fsp3) is 0.600. The molecule has 0 saturated carbocycles. The Morgan fingerprint density at radius 2 is 1.85 bits per heavy atom. The predicted octanol–water partition coefficient (Wildman–Crippen LogP) is 4.39. The molecule has 3 N–H and O–H groups in total. The van der Waals surface area contributed by atoms with Crippen LogP contribution < -0.4 is 16.0 Å². The highest BCUT2D eigenvalue weighted by molar-refractivity contribution is 14.0. The lowest BCUT2D eigenvalue weighted by Gasteiger charge is -2.17. The molecule has 148 valence electrons. The maximum Gasteiger partial charge on any atom is 0.224 e. The molecule has 26 heavy (non-hydrogen) atoms. The Kier molecular flexibility index (Phi) is 13.1. The van der Waals surface area contributed by atoms with E-state index < -0.39 is 0 Å². The SMILES string of the molecule is CCC(CC)CNC(=NC)NCc1cccc(NC(=O)CC(C)C)c1.I. The van der Waals surface area contributed by atoms with Crippen molar-refractivity contribution in [3.63, 3.8) is 0 Å². The molecule has 1 amide bonds. The van der Waals surface area contributed by atoms with E-state index in [1.165, 1.54) is 12.8 Å². The van der Waals surface area contributed by atoms with E-state index in [-0.39, 0.29) is 29.9 Å². The molecule has 0 aromatic heterocycles. The third-order valence-corrected chi connectivity index (χ3v) is 4.20. The number of carbonyl (C=O) groups excluding carboxylic acids is 1. The van der Waals surface area contributed by atoms with E-state index in [1.54, 1.807) is 7.05 Å². The molecular weight excluding hydrogens is 439 g/mol. The average molecular weight is 474 g/mol. The quantitative estimate of drug-likeness (QED) is 0.283. The number of amides is 1. The second-order valence-corrected chi connectivity index (χ2v) is 6.84. The lowest BCUT2D eigenvalue weighted by molar-refractivity contribution is -0.116. The summed E-state index contributed by atoms with van der Waals surface area (Å²) in [4.78, 5) is 16.2. The van der Waals surface area contributed by atoms with E-state index in [2.05, 4.69) is 34.8 Å². The number of hydrogen-bond donors (Lipinski definition) is 3. The van der Waals surface area contributed by atoms with Crippen LogP contribution in [0.2, 0.25) is 0 Å². The molecule has 0 spiro atoms. The summed E-state index contributed by atoms with van der Waals surface area (Å²) in [5.74, 6) is 1.89. The Morgan fingerprint density at radius 1 is 1.15 bits per heavy atom. The molecule has 6 heteroatoms. The van der Waals surface area contributed by atoms with Gasteiger partial charge in [0, 0.05) is 32.2 Å². The number of anilines is 1. The third-order valence-electron chi connectivity index (χ3n) is 4.20. The van der Waals surface area contributed by atoms with Crippen molar-refractivity contribution in [2.24, 2.45) is 16.8 Å². The molecule has 5 nitrogen and oxygen atoms in total. The van der Waals surface area contributed by atoms with Gasteiger partial charge in [-0.1, -0.05) is 52.7 Å². The monoisotopic (exact) mass is 474 g/mol. The Morgan fingerprint density at radius 3 is 2.42 bits per heavy atom. The van der Waals surface area contributed by atoms with Crippen molar-refractivity contribution in [1.82, 2.24) is 10.6 Å². The Labute approximate surface area is 175 Å². The lowest BCUT2D eigenvalue weighted by Crippen LogP contribution is -2.39. The van der Waals surface area contributed by atoms with Crippen LogP contribution in [-0.4, -0.2) is 25.5 Å². The normalized spacial score (nSPS) is 11.3. The first-order chi connectivity index (χ1) is 12.0. The van der Waals surface area contributed by atoms with Crippen molar-refractivity contribution in [3.8, 4) is 0 Å². The van der Waals surface area contributed by atoms with E-state index in [9.17, 15) is 4.79 Å². The van der Waals surface area contributed by atoms with E-state index in [0.29, 0.717) is 24.8 Å². The van der Waals surface area contributed by atoms with Gasteiger partial charge >= 0.3 is 0 Å². The number of nitrogens with one attached hydrogen (secondary N) is 3. The van der Waals surface area contributed by atoms with E-state index >= 15 is 0 Å². The van der Waals surface area contributed by atoms with Crippen LogP contribution in [0.5, 0.6) is 0 Å². The maximum atomic E-state index is 11.9. The van der Waals surface area contributed by atoms with Crippen LogP contribution >= 0.6 is 24.0 Å². The molecule has 0 heterocycles. The van der Waals surface area contributed by atoms with E-state index in [1.807, 2.05) is 38.1 Å². The zero-order chi connectivity index (χ0) is 18.7. The summed E-state index contributed by atoms with van der Waals surface area (Å²) in [5.41, 5.74) is 1.94. The van der Waals surface area contributed by atoms with Crippen LogP contribution in [0, 0.1) is 11.8 Å². The topological polar surface area (TPSA) is 65.5 Å². The fourth-order valence-electron chi connectivity index (χ4n) is 2.57. The molecule has 0 radical (unpaired) electrons. The number of rotatable bonds is 9. The van der Waals surface area contributed by atoms with E-state index in [4.69, 9.17) is 0 Å². The second-order valence-electron chi connectivity index (χ2n) is 6.84. The van der Waals surface area contributed by atoms with Crippen LogP contribution in [-0.2, 0) is 11.3 Å². The Balaban J connectivity index is 0.00000625. The van der Waals surface area contributed by atoms with Crippen LogP contribution in [0.1, 0.15) is 52.5 Å². The third kappa shape index (κ3) is 9.99. The minimum Gasteiger partial charge on any atom is -0.356 e. The number of benzene rings is 1. The number of halogens is 1. The van der Waals surface area contributed by atoms with Crippen molar-refractivity contribution < 1.29 is 4.79 Å². The first-order valence-corrected chi connectivity index (χ1v) is 9.31. The summed E-state index contributed by atoms with van der Waals surface area (Å²) in [6.07, 6.45) is 2.87. The molecule has 0 bridgehead atoms. The van der Waals surface area contributed by atoms with Gasteiger partial charge in [0.2, 0.25) is 5.91 Å². The summed E-state index contributed by atoms with van der Waals surface area (Å²) in [6.45, 7) is 10.1. The molecule has 0 fully saturated rings. The van der Waals surface area contributed by atoms with Crippen LogP contribution in [0.4, 0.5) is 5.69 Å². The second kappa shape index (κ2) is 13.8. The van der Waals surface area contributed by atoms with Crippen molar-refractivity contribution in [3.05, 3.63) is 29.8 Å². The summed E-state index contributed by atoms with van der Waals surface area (Å²) < 4.78 is 0. The fourth-order valence-corrected chi connectivity index (χ4v) is 2.57. The van der Waals surface area contributed by atoms with Crippen molar-refractivity contribution in [2.75, 3.05) is 18.9 Å². The Bertz CT molecular complexity index is 556. The molecular formula is C20H35IN4O. The van der Waals surface area contributed by atoms with Crippen LogP contribution in [0.25, 0.3) is 0 Å². The number of aliphatic imine (C=N–C) groups is 1. The molecule has 0 atom stereocenters.